The van der Waals surface area contributed by atoms with E-state index < -0.39 is 0 Å². The highest BCUT2D eigenvalue weighted by Crippen LogP contribution is 2.39. The van der Waals surface area contributed by atoms with E-state index in [1.54, 1.807) is 0 Å². The van der Waals surface area contributed by atoms with Gasteiger partial charge in [-0.3, -0.25) is 9.80 Å². The molecule has 0 amide bonds. The number of hydrogen-bond acceptors (Lipinski definition) is 2. The van der Waals surface area contributed by atoms with Crippen LogP contribution >= 0.6 is 0 Å². The number of hydrogen-bond donors (Lipinski definition) is 0. The minimum absolute atomic E-state index is 0. The molecule has 2 heteroatoms. The molecule has 1 fully saturated rings. The predicted octanol–water partition coefficient (Wildman–Crippen LogP) is 4.89. The first kappa shape index (κ1) is 20.9. The van der Waals surface area contributed by atoms with Crippen LogP contribution in [0, 0.1) is 10.8 Å². The second kappa shape index (κ2) is 6.20. The summed E-state index contributed by atoms with van der Waals surface area (Å²) in [5.41, 5.74) is 1.14. The molecule has 0 N–H and O–H groups in total. The van der Waals surface area contributed by atoms with E-state index in [-0.39, 0.29) is 18.5 Å². The zero-order valence-corrected chi connectivity index (χ0v) is 15.7. The van der Waals surface area contributed by atoms with Gasteiger partial charge in [0.25, 0.3) is 0 Å². The van der Waals surface area contributed by atoms with Crippen molar-refractivity contribution in [3.05, 3.63) is 0 Å². The summed E-state index contributed by atoms with van der Waals surface area (Å²) >= 11 is 0. The van der Waals surface area contributed by atoms with Crippen molar-refractivity contribution in [1.29, 1.82) is 0 Å². The van der Waals surface area contributed by atoms with Crippen LogP contribution in [0.25, 0.3) is 0 Å². The second-order valence-corrected chi connectivity index (χ2v) is 9.59. The Balaban J connectivity index is 0.00000400. The van der Waals surface area contributed by atoms with Gasteiger partial charge in [-0.25, -0.2) is 0 Å². The first-order chi connectivity index (χ1) is 8.71. The monoisotopic (exact) mass is 298 g/mol. The van der Waals surface area contributed by atoms with Crippen LogP contribution < -0.4 is 0 Å². The topological polar surface area (TPSA) is 6.48 Å². The van der Waals surface area contributed by atoms with Crippen molar-refractivity contribution in [2.45, 2.75) is 87.7 Å². The molecule has 1 aliphatic rings. The minimum Gasteiger partial charge on any atom is -0.295 e. The molecule has 0 aromatic heterocycles. The normalized spacial score (nSPS) is 20.3. The zero-order valence-electron chi connectivity index (χ0n) is 15.7. The smallest absolute Gasteiger partial charge is 0.0202 e. The molecule has 21 heavy (non-hydrogen) atoms. The molecule has 0 atom stereocenters. The van der Waals surface area contributed by atoms with Crippen LogP contribution in [0.1, 0.15) is 76.7 Å². The molecule has 0 aliphatic carbocycles. The lowest BCUT2D eigenvalue weighted by atomic mass is 9.73. The highest BCUT2D eigenvalue weighted by molar-refractivity contribution is 4.98. The standard InChI is InChI=1S/C18H38N2.CH4/c1-15(2,3)17(7,8)19-11-13-20(14-12-19)18(9,10)16(4,5)6;/h11-14H2,1-10H3;1H4. The first-order valence-electron chi connectivity index (χ1n) is 8.21. The molecule has 0 unspecified atom stereocenters. The summed E-state index contributed by atoms with van der Waals surface area (Å²) in [6.45, 7) is 28.5. The van der Waals surface area contributed by atoms with E-state index in [1.807, 2.05) is 0 Å². The highest BCUT2D eigenvalue weighted by atomic mass is 15.3. The predicted molar refractivity (Wildman–Crippen MR) is 96.9 cm³/mol. The number of piperazine rings is 1. The molecule has 2 nitrogen and oxygen atoms in total. The van der Waals surface area contributed by atoms with Gasteiger partial charge in [0.15, 0.2) is 0 Å². The largest absolute Gasteiger partial charge is 0.295 e. The Bertz CT molecular complexity index is 286. The van der Waals surface area contributed by atoms with Gasteiger partial charge in [-0.05, 0) is 38.5 Å². The van der Waals surface area contributed by atoms with Gasteiger partial charge in [-0.1, -0.05) is 49.0 Å². The molecule has 0 bridgehead atoms. The molecule has 1 heterocycles. The maximum absolute atomic E-state index is 2.68. The Labute approximate surface area is 135 Å². The van der Waals surface area contributed by atoms with Crippen molar-refractivity contribution in [3.8, 4) is 0 Å². The summed E-state index contributed by atoms with van der Waals surface area (Å²) < 4.78 is 0. The van der Waals surface area contributed by atoms with Crippen LogP contribution in [0.4, 0.5) is 0 Å². The molecule has 1 saturated heterocycles. The molecule has 0 spiro atoms. The Morgan fingerprint density at radius 1 is 0.476 bits per heavy atom. The molecule has 0 radical (unpaired) electrons. The zero-order chi connectivity index (χ0) is 16.0. The molecule has 0 saturated carbocycles. The Morgan fingerprint density at radius 2 is 0.667 bits per heavy atom. The molecule has 0 aromatic rings. The van der Waals surface area contributed by atoms with Gasteiger partial charge in [-0.2, -0.15) is 0 Å². The van der Waals surface area contributed by atoms with Crippen LogP contribution in [-0.2, 0) is 0 Å². The molecule has 128 valence electrons. The van der Waals surface area contributed by atoms with Crippen LogP contribution in [0.2, 0.25) is 0 Å². The van der Waals surface area contributed by atoms with Crippen LogP contribution in [0.5, 0.6) is 0 Å². The van der Waals surface area contributed by atoms with E-state index in [1.165, 1.54) is 26.2 Å². The maximum Gasteiger partial charge on any atom is 0.0202 e. The van der Waals surface area contributed by atoms with Crippen LogP contribution in [0.15, 0.2) is 0 Å². The lowest BCUT2D eigenvalue weighted by Crippen LogP contribution is -2.64. The fraction of sp³-hybridized carbons (Fsp3) is 1.00. The number of rotatable bonds is 2. The van der Waals surface area contributed by atoms with Crippen LogP contribution in [0.3, 0.4) is 0 Å². The average molecular weight is 299 g/mol. The van der Waals surface area contributed by atoms with E-state index in [0.717, 1.165) is 0 Å². The summed E-state index contributed by atoms with van der Waals surface area (Å²) in [5, 5.41) is 0. The first-order valence-corrected chi connectivity index (χ1v) is 8.21. The van der Waals surface area contributed by atoms with Crippen molar-refractivity contribution in [3.63, 3.8) is 0 Å². The van der Waals surface area contributed by atoms with E-state index in [0.29, 0.717) is 10.8 Å². The SMILES string of the molecule is C.CC(C)(C)C(C)(C)N1CCN(C(C)(C)C(C)(C)C)CC1. The molecule has 0 aromatic carbocycles. The molecular formula is C19H42N2. The van der Waals surface area contributed by atoms with Gasteiger partial charge >= 0.3 is 0 Å². The van der Waals surface area contributed by atoms with Crippen LogP contribution in [-0.4, -0.2) is 47.1 Å². The van der Waals surface area contributed by atoms with Crippen molar-refractivity contribution in [2.24, 2.45) is 10.8 Å². The third-order valence-corrected chi connectivity index (χ3v) is 6.53. The van der Waals surface area contributed by atoms with Crippen molar-refractivity contribution >= 4 is 0 Å². The van der Waals surface area contributed by atoms with Gasteiger partial charge in [0, 0.05) is 37.3 Å². The lowest BCUT2D eigenvalue weighted by molar-refractivity contribution is -0.0590. The van der Waals surface area contributed by atoms with Crippen molar-refractivity contribution in [2.75, 3.05) is 26.2 Å². The second-order valence-electron chi connectivity index (χ2n) is 9.59. The lowest BCUT2D eigenvalue weighted by Gasteiger charge is -2.55. The van der Waals surface area contributed by atoms with E-state index in [2.05, 4.69) is 79.0 Å². The van der Waals surface area contributed by atoms with Gasteiger partial charge < -0.3 is 0 Å². The van der Waals surface area contributed by atoms with Crippen molar-refractivity contribution < 1.29 is 0 Å². The Hall–Kier alpha value is -0.0800. The van der Waals surface area contributed by atoms with Gasteiger partial charge in [0.05, 0.1) is 0 Å². The molecule has 1 rings (SSSR count). The Morgan fingerprint density at radius 3 is 0.810 bits per heavy atom. The van der Waals surface area contributed by atoms with Gasteiger partial charge in [0.1, 0.15) is 0 Å². The molecule has 1 aliphatic heterocycles. The van der Waals surface area contributed by atoms with E-state index in [9.17, 15) is 0 Å². The maximum atomic E-state index is 2.68. The third kappa shape index (κ3) is 4.01. The van der Waals surface area contributed by atoms with Gasteiger partial charge in [0.2, 0.25) is 0 Å². The fourth-order valence-electron chi connectivity index (χ4n) is 2.77. The summed E-state index contributed by atoms with van der Waals surface area (Å²) in [7, 11) is 0. The molecular weight excluding hydrogens is 256 g/mol. The highest BCUT2D eigenvalue weighted by Gasteiger charge is 2.43. The minimum atomic E-state index is 0. The summed E-state index contributed by atoms with van der Waals surface area (Å²) in [4.78, 5) is 5.37. The summed E-state index contributed by atoms with van der Waals surface area (Å²) in [6, 6.07) is 0. The van der Waals surface area contributed by atoms with Crippen molar-refractivity contribution in [1.82, 2.24) is 9.80 Å². The quantitative estimate of drug-likeness (QED) is 0.716. The number of nitrogens with zero attached hydrogens (tertiary/aromatic N) is 2. The summed E-state index contributed by atoms with van der Waals surface area (Å²) in [6.07, 6.45) is 0. The Kier molecular flexibility index (Phi) is 6.17. The summed E-state index contributed by atoms with van der Waals surface area (Å²) in [5.74, 6) is 0. The fourth-order valence-corrected chi connectivity index (χ4v) is 2.77. The van der Waals surface area contributed by atoms with E-state index >= 15 is 0 Å². The third-order valence-electron chi connectivity index (χ3n) is 6.53. The van der Waals surface area contributed by atoms with Gasteiger partial charge in [-0.15, -0.1) is 0 Å². The average Bonchev–Trinajstić information content (AvgIpc) is 2.26. The van der Waals surface area contributed by atoms with E-state index in [4.69, 9.17) is 0 Å².